The van der Waals surface area contributed by atoms with Gasteiger partial charge < -0.3 is 15.8 Å². The average molecular weight is 250 g/mol. The van der Waals surface area contributed by atoms with Crippen LogP contribution in [0, 0.1) is 0 Å². The first-order chi connectivity index (χ1) is 8.43. The van der Waals surface area contributed by atoms with Crippen molar-refractivity contribution in [3.8, 4) is 0 Å². The summed E-state index contributed by atoms with van der Waals surface area (Å²) < 4.78 is 5.21. The molecule has 18 heavy (non-hydrogen) atoms. The van der Waals surface area contributed by atoms with E-state index in [0.717, 1.165) is 12.1 Å². The number of hydrogen-bond donors (Lipinski definition) is 2. The van der Waals surface area contributed by atoms with Gasteiger partial charge in [0.2, 0.25) is 0 Å². The predicted molar refractivity (Wildman–Crippen MR) is 74.8 cm³/mol. The first-order valence-electron chi connectivity index (χ1n) is 6.31. The summed E-state index contributed by atoms with van der Waals surface area (Å²) in [5, 5.41) is 3.29. The number of nitrogens with one attached hydrogen (secondary N) is 1. The SMILES string of the molecule is CC[C@@H](C)Nc1ccc(N)cc1C(=O)OC(C)C. The number of nitrogen functional groups attached to an aromatic ring is 1. The van der Waals surface area contributed by atoms with Crippen LogP contribution in [0.4, 0.5) is 11.4 Å². The van der Waals surface area contributed by atoms with Crippen LogP contribution < -0.4 is 11.1 Å². The lowest BCUT2D eigenvalue weighted by atomic mass is 10.1. The van der Waals surface area contributed by atoms with Crippen LogP contribution >= 0.6 is 0 Å². The molecular weight excluding hydrogens is 228 g/mol. The van der Waals surface area contributed by atoms with Crippen molar-refractivity contribution in [1.82, 2.24) is 0 Å². The molecule has 100 valence electrons. The lowest BCUT2D eigenvalue weighted by Crippen LogP contribution is -2.18. The van der Waals surface area contributed by atoms with Gasteiger partial charge in [-0.2, -0.15) is 0 Å². The minimum Gasteiger partial charge on any atom is -0.459 e. The molecule has 0 amide bonds. The highest BCUT2D eigenvalue weighted by Crippen LogP contribution is 2.21. The Morgan fingerprint density at radius 3 is 2.61 bits per heavy atom. The van der Waals surface area contributed by atoms with E-state index in [1.165, 1.54) is 0 Å². The maximum atomic E-state index is 12.0. The molecule has 0 aliphatic heterocycles. The smallest absolute Gasteiger partial charge is 0.340 e. The number of carbonyl (C=O) groups excluding carboxylic acids is 1. The van der Waals surface area contributed by atoms with Gasteiger partial charge in [-0.25, -0.2) is 4.79 Å². The maximum Gasteiger partial charge on any atom is 0.340 e. The van der Waals surface area contributed by atoms with Gasteiger partial charge in [-0.3, -0.25) is 0 Å². The highest BCUT2D eigenvalue weighted by atomic mass is 16.5. The Balaban J connectivity index is 2.99. The van der Waals surface area contributed by atoms with Crippen molar-refractivity contribution in [3.05, 3.63) is 23.8 Å². The molecule has 0 aromatic heterocycles. The molecule has 1 atom stereocenters. The second kappa shape index (κ2) is 6.28. The lowest BCUT2D eigenvalue weighted by Gasteiger charge is -2.17. The van der Waals surface area contributed by atoms with Crippen LogP contribution in [0.5, 0.6) is 0 Å². The van der Waals surface area contributed by atoms with Crippen molar-refractivity contribution in [2.45, 2.75) is 46.3 Å². The number of anilines is 2. The standard InChI is InChI=1S/C14H22N2O2/c1-5-10(4)16-13-7-6-11(15)8-12(13)14(17)18-9(2)3/h6-10,16H,5,15H2,1-4H3/t10-/m1/s1. The Kier molecular flexibility index (Phi) is 5.01. The highest BCUT2D eigenvalue weighted by Gasteiger charge is 2.15. The Morgan fingerprint density at radius 1 is 1.39 bits per heavy atom. The number of rotatable bonds is 5. The molecule has 1 aromatic carbocycles. The molecule has 0 heterocycles. The quantitative estimate of drug-likeness (QED) is 0.622. The molecule has 0 unspecified atom stereocenters. The Morgan fingerprint density at radius 2 is 2.06 bits per heavy atom. The normalized spacial score (nSPS) is 12.3. The Hall–Kier alpha value is -1.71. The van der Waals surface area contributed by atoms with Crippen molar-refractivity contribution in [1.29, 1.82) is 0 Å². The van der Waals surface area contributed by atoms with E-state index in [1.807, 2.05) is 19.9 Å². The molecule has 0 aliphatic rings. The molecule has 0 spiro atoms. The number of benzene rings is 1. The fraction of sp³-hybridized carbons (Fsp3) is 0.500. The first kappa shape index (κ1) is 14.4. The zero-order valence-corrected chi connectivity index (χ0v) is 11.5. The van der Waals surface area contributed by atoms with Crippen LogP contribution in [0.25, 0.3) is 0 Å². The van der Waals surface area contributed by atoms with E-state index in [-0.39, 0.29) is 12.1 Å². The van der Waals surface area contributed by atoms with E-state index in [4.69, 9.17) is 10.5 Å². The zero-order valence-electron chi connectivity index (χ0n) is 11.5. The van der Waals surface area contributed by atoms with Gasteiger partial charge in [0.05, 0.1) is 11.7 Å². The van der Waals surface area contributed by atoms with Gasteiger partial charge in [0.1, 0.15) is 0 Å². The maximum absolute atomic E-state index is 12.0. The van der Waals surface area contributed by atoms with E-state index >= 15 is 0 Å². The van der Waals surface area contributed by atoms with Crippen LogP contribution in [0.1, 0.15) is 44.5 Å². The van der Waals surface area contributed by atoms with Gasteiger partial charge >= 0.3 is 5.97 Å². The van der Waals surface area contributed by atoms with Gasteiger partial charge in [-0.1, -0.05) is 6.92 Å². The number of carbonyl (C=O) groups is 1. The third kappa shape index (κ3) is 3.95. The molecule has 0 saturated heterocycles. The molecule has 0 bridgehead atoms. The summed E-state index contributed by atoms with van der Waals surface area (Å²) in [6, 6.07) is 5.53. The third-order valence-electron chi connectivity index (χ3n) is 2.62. The van der Waals surface area contributed by atoms with E-state index in [1.54, 1.807) is 12.1 Å². The largest absolute Gasteiger partial charge is 0.459 e. The van der Waals surface area contributed by atoms with Crippen LogP contribution in [0.3, 0.4) is 0 Å². The van der Waals surface area contributed by atoms with Gasteiger partial charge in [0.25, 0.3) is 0 Å². The Labute approximate surface area is 109 Å². The summed E-state index contributed by atoms with van der Waals surface area (Å²) in [5.74, 6) is -0.344. The van der Waals surface area contributed by atoms with E-state index in [9.17, 15) is 4.79 Å². The van der Waals surface area contributed by atoms with Crippen molar-refractivity contribution in [2.24, 2.45) is 0 Å². The molecule has 4 nitrogen and oxygen atoms in total. The molecule has 4 heteroatoms. The number of hydrogen-bond acceptors (Lipinski definition) is 4. The second-order valence-electron chi connectivity index (χ2n) is 4.71. The monoisotopic (exact) mass is 250 g/mol. The van der Waals surface area contributed by atoms with Crippen LogP contribution in [0.2, 0.25) is 0 Å². The average Bonchev–Trinajstić information content (AvgIpc) is 2.30. The summed E-state index contributed by atoms with van der Waals surface area (Å²) in [6.45, 7) is 7.80. The van der Waals surface area contributed by atoms with Gasteiger partial charge in [-0.15, -0.1) is 0 Å². The Bertz CT molecular complexity index is 416. The molecule has 1 rings (SSSR count). The molecule has 0 saturated carbocycles. The fourth-order valence-electron chi connectivity index (χ4n) is 1.50. The summed E-state index contributed by atoms with van der Waals surface area (Å²) in [6.07, 6.45) is 0.832. The number of ether oxygens (including phenoxy) is 1. The van der Waals surface area contributed by atoms with Crippen LogP contribution in [-0.4, -0.2) is 18.1 Å². The fourth-order valence-corrected chi connectivity index (χ4v) is 1.50. The molecular formula is C14H22N2O2. The second-order valence-corrected chi connectivity index (χ2v) is 4.71. The summed E-state index contributed by atoms with van der Waals surface area (Å²) in [7, 11) is 0. The van der Waals surface area contributed by atoms with E-state index in [0.29, 0.717) is 17.3 Å². The first-order valence-corrected chi connectivity index (χ1v) is 6.31. The lowest BCUT2D eigenvalue weighted by molar-refractivity contribution is 0.0379. The van der Waals surface area contributed by atoms with Crippen LogP contribution in [0.15, 0.2) is 18.2 Å². The van der Waals surface area contributed by atoms with Crippen molar-refractivity contribution >= 4 is 17.3 Å². The third-order valence-corrected chi connectivity index (χ3v) is 2.62. The highest BCUT2D eigenvalue weighted by molar-refractivity contribution is 5.96. The molecule has 0 fully saturated rings. The minimum atomic E-state index is -0.344. The molecule has 0 radical (unpaired) electrons. The van der Waals surface area contributed by atoms with Crippen molar-refractivity contribution in [3.63, 3.8) is 0 Å². The van der Waals surface area contributed by atoms with Crippen molar-refractivity contribution < 1.29 is 9.53 Å². The topological polar surface area (TPSA) is 64.3 Å². The predicted octanol–water partition coefficient (Wildman–Crippen LogP) is 3.04. The molecule has 1 aromatic rings. The van der Waals surface area contributed by atoms with Gasteiger partial charge in [0, 0.05) is 17.4 Å². The summed E-state index contributed by atoms with van der Waals surface area (Å²) in [4.78, 5) is 12.0. The van der Waals surface area contributed by atoms with Crippen LogP contribution in [-0.2, 0) is 4.74 Å². The van der Waals surface area contributed by atoms with E-state index in [2.05, 4.69) is 19.2 Å². The number of esters is 1. The van der Waals surface area contributed by atoms with E-state index < -0.39 is 0 Å². The molecule has 0 aliphatic carbocycles. The summed E-state index contributed by atoms with van der Waals surface area (Å²) in [5.41, 5.74) is 7.54. The zero-order chi connectivity index (χ0) is 13.7. The van der Waals surface area contributed by atoms with Gasteiger partial charge in [-0.05, 0) is 45.4 Å². The van der Waals surface area contributed by atoms with Gasteiger partial charge in [0.15, 0.2) is 0 Å². The number of nitrogens with two attached hydrogens (primary N) is 1. The minimum absolute atomic E-state index is 0.143. The van der Waals surface area contributed by atoms with Crippen molar-refractivity contribution in [2.75, 3.05) is 11.1 Å². The molecule has 3 N–H and O–H groups in total. The summed E-state index contributed by atoms with van der Waals surface area (Å²) >= 11 is 0.